The third-order valence-corrected chi connectivity index (χ3v) is 5.48. The van der Waals surface area contributed by atoms with Crippen LogP contribution in [0.15, 0.2) is 59.5 Å². The average molecular weight is 390 g/mol. The van der Waals surface area contributed by atoms with Crippen LogP contribution in [0.1, 0.15) is 32.8 Å². The third kappa shape index (κ3) is 6.37. The maximum absolute atomic E-state index is 12.6. The highest BCUT2D eigenvalue weighted by molar-refractivity contribution is 7.89. The van der Waals surface area contributed by atoms with Crippen molar-refractivity contribution < 1.29 is 13.2 Å². The molecule has 0 aromatic heterocycles. The minimum Gasteiger partial charge on any atom is -0.320 e. The van der Waals surface area contributed by atoms with Crippen LogP contribution in [0.2, 0.25) is 0 Å². The van der Waals surface area contributed by atoms with Gasteiger partial charge in [0.25, 0.3) is 0 Å². The number of amides is 2. The topological polar surface area (TPSA) is 78.5 Å². The first-order chi connectivity index (χ1) is 12.8. The normalized spacial score (nSPS) is 11.4. The molecule has 27 heavy (non-hydrogen) atoms. The standard InChI is InChI=1S/C20H27N3O3S/c1-4-14-23(15-17-8-6-5-7-9-17)20(24)21-18-10-12-19(13-11-18)27(25,26)22-16(2)3/h5-13,16,22H,4,14-15H2,1-3H3,(H,21,24). The van der Waals surface area contributed by atoms with Crippen LogP contribution in [0.4, 0.5) is 10.5 Å². The molecule has 6 nitrogen and oxygen atoms in total. The molecular formula is C20H27N3O3S. The van der Waals surface area contributed by atoms with Crippen LogP contribution < -0.4 is 10.0 Å². The molecule has 0 atom stereocenters. The molecule has 0 radical (unpaired) electrons. The molecule has 0 spiro atoms. The number of nitrogens with one attached hydrogen (secondary N) is 2. The van der Waals surface area contributed by atoms with Gasteiger partial charge in [0.1, 0.15) is 0 Å². The number of hydrogen-bond donors (Lipinski definition) is 2. The second-order valence-corrected chi connectivity index (χ2v) is 8.35. The van der Waals surface area contributed by atoms with Crippen molar-refractivity contribution in [3.8, 4) is 0 Å². The van der Waals surface area contributed by atoms with Crippen LogP contribution in [0.3, 0.4) is 0 Å². The molecule has 2 amide bonds. The molecule has 0 saturated carbocycles. The van der Waals surface area contributed by atoms with Crippen molar-refractivity contribution in [2.24, 2.45) is 0 Å². The van der Waals surface area contributed by atoms with E-state index in [-0.39, 0.29) is 17.0 Å². The molecular weight excluding hydrogens is 362 g/mol. The maximum Gasteiger partial charge on any atom is 0.322 e. The molecule has 0 aliphatic carbocycles. The lowest BCUT2D eigenvalue weighted by molar-refractivity contribution is 0.209. The molecule has 2 N–H and O–H groups in total. The maximum atomic E-state index is 12.6. The van der Waals surface area contributed by atoms with E-state index in [0.29, 0.717) is 18.8 Å². The second-order valence-electron chi connectivity index (χ2n) is 6.64. The number of urea groups is 1. The lowest BCUT2D eigenvalue weighted by Crippen LogP contribution is -2.35. The molecule has 0 aliphatic rings. The van der Waals surface area contributed by atoms with E-state index in [0.717, 1.165) is 12.0 Å². The Bertz CT molecular complexity index is 835. The van der Waals surface area contributed by atoms with Crippen LogP contribution in [-0.4, -0.2) is 31.9 Å². The fraction of sp³-hybridized carbons (Fsp3) is 0.350. The van der Waals surface area contributed by atoms with Gasteiger partial charge in [-0.2, -0.15) is 0 Å². The molecule has 2 aromatic rings. The van der Waals surface area contributed by atoms with Gasteiger partial charge < -0.3 is 10.2 Å². The van der Waals surface area contributed by atoms with Crippen molar-refractivity contribution >= 4 is 21.7 Å². The minimum absolute atomic E-state index is 0.170. The van der Waals surface area contributed by atoms with Gasteiger partial charge in [-0.05, 0) is 50.1 Å². The second kappa shape index (κ2) is 9.53. The summed E-state index contributed by atoms with van der Waals surface area (Å²) in [5.74, 6) is 0. The van der Waals surface area contributed by atoms with Crippen LogP contribution >= 0.6 is 0 Å². The Labute approximate surface area is 161 Å². The summed E-state index contributed by atoms with van der Waals surface area (Å²) in [7, 11) is -3.54. The highest BCUT2D eigenvalue weighted by atomic mass is 32.2. The Morgan fingerprint density at radius 1 is 1.04 bits per heavy atom. The van der Waals surface area contributed by atoms with Gasteiger partial charge in [0.2, 0.25) is 10.0 Å². The van der Waals surface area contributed by atoms with Crippen molar-refractivity contribution in [3.63, 3.8) is 0 Å². The monoisotopic (exact) mass is 389 g/mol. The largest absolute Gasteiger partial charge is 0.322 e. The van der Waals surface area contributed by atoms with Gasteiger partial charge in [-0.25, -0.2) is 17.9 Å². The van der Waals surface area contributed by atoms with Gasteiger partial charge in [0.05, 0.1) is 4.90 Å². The third-order valence-electron chi connectivity index (χ3n) is 3.80. The van der Waals surface area contributed by atoms with Crippen LogP contribution in [0.25, 0.3) is 0 Å². The minimum atomic E-state index is -3.54. The lowest BCUT2D eigenvalue weighted by Gasteiger charge is -2.23. The van der Waals surface area contributed by atoms with Crippen molar-refractivity contribution in [1.29, 1.82) is 0 Å². The lowest BCUT2D eigenvalue weighted by atomic mass is 10.2. The number of sulfonamides is 1. The first-order valence-corrected chi connectivity index (χ1v) is 10.5. The van der Waals surface area contributed by atoms with Crippen molar-refractivity contribution in [2.75, 3.05) is 11.9 Å². The summed E-state index contributed by atoms with van der Waals surface area (Å²) in [6.07, 6.45) is 0.846. The number of hydrogen-bond acceptors (Lipinski definition) is 3. The highest BCUT2D eigenvalue weighted by Crippen LogP contribution is 2.16. The molecule has 2 rings (SSSR count). The number of benzene rings is 2. The van der Waals surface area contributed by atoms with Gasteiger partial charge in [-0.15, -0.1) is 0 Å². The van der Waals surface area contributed by atoms with Crippen molar-refractivity contribution in [3.05, 3.63) is 60.2 Å². The summed E-state index contributed by atoms with van der Waals surface area (Å²) >= 11 is 0. The molecule has 0 aliphatic heterocycles. The van der Waals surface area contributed by atoms with Gasteiger partial charge in [0.15, 0.2) is 0 Å². The highest BCUT2D eigenvalue weighted by Gasteiger charge is 2.16. The van der Waals surface area contributed by atoms with Crippen molar-refractivity contribution in [1.82, 2.24) is 9.62 Å². The van der Waals surface area contributed by atoms with E-state index in [1.54, 1.807) is 30.9 Å². The molecule has 2 aromatic carbocycles. The molecule has 0 unspecified atom stereocenters. The fourth-order valence-corrected chi connectivity index (χ4v) is 3.88. The van der Waals surface area contributed by atoms with Gasteiger partial charge in [-0.3, -0.25) is 0 Å². The van der Waals surface area contributed by atoms with E-state index in [4.69, 9.17) is 0 Å². The zero-order chi connectivity index (χ0) is 19.9. The molecule has 0 saturated heterocycles. The van der Waals surface area contributed by atoms with Crippen LogP contribution in [-0.2, 0) is 16.6 Å². The number of carbonyl (C=O) groups is 1. The first kappa shape index (κ1) is 20.9. The zero-order valence-electron chi connectivity index (χ0n) is 16.0. The van der Waals surface area contributed by atoms with E-state index in [1.165, 1.54) is 12.1 Å². The van der Waals surface area contributed by atoms with E-state index in [2.05, 4.69) is 10.0 Å². The number of anilines is 1. The van der Waals surface area contributed by atoms with E-state index in [1.807, 2.05) is 37.3 Å². The summed E-state index contributed by atoms with van der Waals surface area (Å²) in [4.78, 5) is 14.5. The molecule has 7 heteroatoms. The number of nitrogens with zero attached hydrogens (tertiary/aromatic N) is 1. The Morgan fingerprint density at radius 3 is 2.22 bits per heavy atom. The van der Waals surface area contributed by atoms with E-state index in [9.17, 15) is 13.2 Å². The zero-order valence-corrected chi connectivity index (χ0v) is 16.8. The molecule has 0 fully saturated rings. The summed E-state index contributed by atoms with van der Waals surface area (Å²) in [5.41, 5.74) is 1.61. The first-order valence-electron chi connectivity index (χ1n) is 9.04. The predicted octanol–water partition coefficient (Wildman–Crippen LogP) is 3.82. The van der Waals surface area contributed by atoms with Crippen LogP contribution in [0.5, 0.6) is 0 Å². The Kier molecular flexibility index (Phi) is 7.38. The fourth-order valence-electron chi connectivity index (χ4n) is 2.62. The SMILES string of the molecule is CCCN(Cc1ccccc1)C(=O)Nc1ccc(S(=O)(=O)NC(C)C)cc1. The van der Waals surface area contributed by atoms with Crippen molar-refractivity contribution in [2.45, 2.75) is 44.7 Å². The summed E-state index contributed by atoms with van der Waals surface area (Å²) < 4.78 is 26.9. The number of carbonyl (C=O) groups excluding carboxylic acids is 1. The van der Waals surface area contributed by atoms with Gasteiger partial charge in [-0.1, -0.05) is 37.3 Å². The molecule has 0 bridgehead atoms. The van der Waals surface area contributed by atoms with E-state index < -0.39 is 10.0 Å². The average Bonchev–Trinajstić information content (AvgIpc) is 2.61. The molecule has 146 valence electrons. The Balaban J connectivity index is 2.06. The Morgan fingerprint density at radius 2 is 1.67 bits per heavy atom. The summed E-state index contributed by atoms with van der Waals surface area (Å²) in [6.45, 7) is 6.70. The quantitative estimate of drug-likeness (QED) is 0.720. The summed E-state index contributed by atoms with van der Waals surface area (Å²) in [6, 6.07) is 15.6. The smallest absolute Gasteiger partial charge is 0.320 e. The van der Waals surface area contributed by atoms with Crippen LogP contribution in [0, 0.1) is 0 Å². The van der Waals surface area contributed by atoms with Gasteiger partial charge >= 0.3 is 6.03 Å². The van der Waals surface area contributed by atoms with E-state index >= 15 is 0 Å². The summed E-state index contributed by atoms with van der Waals surface area (Å²) in [5, 5.41) is 2.84. The number of rotatable bonds is 8. The Hall–Kier alpha value is -2.38. The predicted molar refractivity (Wildman–Crippen MR) is 108 cm³/mol. The van der Waals surface area contributed by atoms with Gasteiger partial charge in [0, 0.05) is 24.8 Å². The molecule has 0 heterocycles.